The molecule has 0 saturated heterocycles. The Labute approximate surface area is 188 Å². The molecule has 8 nitrogen and oxygen atoms in total. The van der Waals surface area contributed by atoms with E-state index in [1.165, 1.54) is 0 Å². The average molecular weight is 462 g/mol. The topological polar surface area (TPSA) is 125 Å². The molecule has 2 unspecified atom stereocenters. The zero-order valence-corrected chi connectivity index (χ0v) is 17.5. The van der Waals surface area contributed by atoms with Crippen molar-refractivity contribution >= 4 is 18.0 Å². The van der Waals surface area contributed by atoms with Gasteiger partial charge in [-0.25, -0.2) is 13.6 Å². The largest absolute Gasteiger partial charge is 0.481 e. The van der Waals surface area contributed by atoms with Gasteiger partial charge < -0.3 is 25.6 Å². The van der Waals surface area contributed by atoms with Gasteiger partial charge in [-0.15, -0.1) is 0 Å². The summed E-state index contributed by atoms with van der Waals surface area (Å²) in [5.74, 6) is -2.31. The molecule has 0 aliphatic heterocycles. The van der Waals surface area contributed by atoms with Crippen LogP contribution in [0, 0.1) is 0 Å². The van der Waals surface area contributed by atoms with Crippen LogP contribution in [0.5, 0.6) is 0 Å². The molecule has 3 rings (SSSR count). The lowest BCUT2D eigenvalue weighted by molar-refractivity contribution is -0.137. The number of carbonyl (C=O) groups excluding carboxylic acids is 2. The molecule has 2 aromatic carbocycles. The molecule has 176 valence electrons. The van der Waals surface area contributed by atoms with Gasteiger partial charge in [0.05, 0.1) is 0 Å². The predicted molar refractivity (Wildman–Crippen MR) is 114 cm³/mol. The molecule has 2 aromatic rings. The van der Waals surface area contributed by atoms with Gasteiger partial charge in [-0.2, -0.15) is 0 Å². The van der Waals surface area contributed by atoms with Gasteiger partial charge in [0, 0.05) is 18.9 Å². The van der Waals surface area contributed by atoms with Gasteiger partial charge in [0.15, 0.2) is 0 Å². The Morgan fingerprint density at radius 1 is 1.00 bits per heavy atom. The smallest absolute Gasteiger partial charge is 0.407 e. The first-order chi connectivity index (χ1) is 15.8. The first-order valence-electron chi connectivity index (χ1n) is 10.3. The average Bonchev–Trinajstić information content (AvgIpc) is 3.12. The van der Waals surface area contributed by atoms with Crippen molar-refractivity contribution in [1.29, 1.82) is 0 Å². The summed E-state index contributed by atoms with van der Waals surface area (Å²) in [6.45, 7) is -0.760. The van der Waals surface area contributed by atoms with Crippen LogP contribution in [-0.4, -0.2) is 59.9 Å². The van der Waals surface area contributed by atoms with E-state index in [1.807, 2.05) is 48.5 Å². The number of hydrogen-bond acceptors (Lipinski definition) is 5. The van der Waals surface area contributed by atoms with Crippen molar-refractivity contribution in [1.82, 2.24) is 10.6 Å². The fourth-order valence-corrected chi connectivity index (χ4v) is 3.74. The number of halogens is 2. The Balaban J connectivity index is 1.63. The molecule has 0 bridgehead atoms. The van der Waals surface area contributed by atoms with E-state index in [2.05, 4.69) is 10.6 Å². The Morgan fingerprint density at radius 2 is 1.58 bits per heavy atom. The Kier molecular flexibility index (Phi) is 7.94. The second-order valence-electron chi connectivity index (χ2n) is 7.60. The van der Waals surface area contributed by atoms with Crippen LogP contribution in [0.25, 0.3) is 11.1 Å². The van der Waals surface area contributed by atoms with Crippen molar-refractivity contribution in [2.75, 3.05) is 13.2 Å². The molecule has 4 N–H and O–H groups in total. The maximum absolute atomic E-state index is 12.4. The van der Waals surface area contributed by atoms with Crippen LogP contribution in [0.15, 0.2) is 48.5 Å². The number of hydrogen-bond donors (Lipinski definition) is 4. The van der Waals surface area contributed by atoms with Gasteiger partial charge in [-0.05, 0) is 28.7 Å². The van der Waals surface area contributed by atoms with Crippen molar-refractivity contribution in [3.8, 4) is 11.1 Å². The Bertz CT molecular complexity index is 970. The van der Waals surface area contributed by atoms with Crippen molar-refractivity contribution in [3.63, 3.8) is 0 Å². The number of aliphatic hydroxyl groups excluding tert-OH is 1. The fourth-order valence-electron chi connectivity index (χ4n) is 3.74. The molecule has 1 aliphatic carbocycles. The van der Waals surface area contributed by atoms with Gasteiger partial charge in [-0.3, -0.25) is 9.59 Å². The monoisotopic (exact) mass is 462 g/mol. The molecule has 2 amide bonds. The van der Waals surface area contributed by atoms with Gasteiger partial charge in [-0.1, -0.05) is 48.5 Å². The van der Waals surface area contributed by atoms with E-state index in [0.717, 1.165) is 22.3 Å². The summed E-state index contributed by atoms with van der Waals surface area (Å²) < 4.78 is 30.2. The van der Waals surface area contributed by atoms with E-state index < -0.39 is 49.5 Å². The summed E-state index contributed by atoms with van der Waals surface area (Å²) in [5.41, 5.74) is 4.07. The first kappa shape index (κ1) is 24.1. The van der Waals surface area contributed by atoms with E-state index in [4.69, 9.17) is 14.9 Å². The quantitative estimate of drug-likeness (QED) is 0.430. The normalized spacial score (nSPS) is 14.2. The predicted octanol–water partition coefficient (Wildman–Crippen LogP) is 2.50. The molecule has 0 saturated carbocycles. The second-order valence-corrected chi connectivity index (χ2v) is 7.60. The molecule has 0 heterocycles. The summed E-state index contributed by atoms with van der Waals surface area (Å²) >= 11 is 0. The molecule has 2 atom stereocenters. The van der Waals surface area contributed by atoms with Crippen LogP contribution in [-0.2, 0) is 14.3 Å². The third kappa shape index (κ3) is 6.04. The number of nitrogens with one attached hydrogen (secondary N) is 2. The lowest BCUT2D eigenvalue weighted by Gasteiger charge is -2.20. The van der Waals surface area contributed by atoms with E-state index in [-0.39, 0.29) is 18.9 Å². The van der Waals surface area contributed by atoms with Crippen LogP contribution >= 0.6 is 0 Å². The third-order valence-corrected chi connectivity index (χ3v) is 5.38. The number of alkyl halides is 2. The SMILES string of the molecule is O=C(O)CCC(NC(=O)OCC1c2ccccc2-c2ccccc21)C(=O)NCC(O)C(F)F. The van der Waals surface area contributed by atoms with Gasteiger partial charge in [0.2, 0.25) is 5.91 Å². The van der Waals surface area contributed by atoms with E-state index in [9.17, 15) is 23.2 Å². The third-order valence-electron chi connectivity index (χ3n) is 5.38. The lowest BCUT2D eigenvalue weighted by atomic mass is 9.98. The minimum Gasteiger partial charge on any atom is -0.481 e. The summed E-state index contributed by atoms with van der Waals surface area (Å²) in [6, 6.07) is 14.1. The van der Waals surface area contributed by atoms with Crippen molar-refractivity contribution in [2.45, 2.75) is 37.3 Å². The number of amides is 2. The number of rotatable bonds is 10. The highest BCUT2D eigenvalue weighted by molar-refractivity contribution is 5.86. The summed E-state index contributed by atoms with van der Waals surface area (Å²) in [5, 5.41) is 22.4. The minimum atomic E-state index is -3.06. The number of fused-ring (bicyclic) bond motifs is 3. The molecule has 10 heteroatoms. The van der Waals surface area contributed by atoms with Crippen LogP contribution < -0.4 is 10.6 Å². The Hall–Kier alpha value is -3.53. The molecule has 0 radical (unpaired) electrons. The molecule has 0 aromatic heterocycles. The molecular weight excluding hydrogens is 438 g/mol. The van der Waals surface area contributed by atoms with E-state index in [0.29, 0.717) is 0 Å². The van der Waals surface area contributed by atoms with Gasteiger partial charge in [0.1, 0.15) is 18.8 Å². The second kappa shape index (κ2) is 10.9. The zero-order valence-electron chi connectivity index (χ0n) is 17.5. The molecule has 1 aliphatic rings. The lowest BCUT2D eigenvalue weighted by Crippen LogP contribution is -2.49. The number of aliphatic hydroxyl groups is 1. The maximum Gasteiger partial charge on any atom is 0.407 e. The van der Waals surface area contributed by atoms with E-state index >= 15 is 0 Å². The minimum absolute atomic E-state index is 0.0166. The van der Waals surface area contributed by atoms with Gasteiger partial charge in [0.25, 0.3) is 6.43 Å². The number of benzene rings is 2. The highest BCUT2D eigenvalue weighted by Crippen LogP contribution is 2.44. The number of carbonyl (C=O) groups is 3. The summed E-state index contributed by atoms with van der Waals surface area (Å²) in [4.78, 5) is 35.6. The number of ether oxygens (including phenoxy) is 1. The highest BCUT2D eigenvalue weighted by Gasteiger charge is 2.30. The first-order valence-corrected chi connectivity index (χ1v) is 10.3. The summed E-state index contributed by atoms with van der Waals surface area (Å²) in [6.07, 6.45) is -6.81. The Morgan fingerprint density at radius 3 is 2.12 bits per heavy atom. The number of carboxylic acids is 1. The van der Waals surface area contributed by atoms with E-state index in [1.54, 1.807) is 0 Å². The molecule has 0 fully saturated rings. The molecule has 0 spiro atoms. The highest BCUT2D eigenvalue weighted by atomic mass is 19.3. The molecular formula is C23H24F2N2O6. The maximum atomic E-state index is 12.4. The van der Waals surface area contributed by atoms with Crippen LogP contribution in [0.2, 0.25) is 0 Å². The number of carboxylic acid groups (broad SMARTS) is 1. The van der Waals surface area contributed by atoms with Crippen LogP contribution in [0.4, 0.5) is 13.6 Å². The number of aliphatic carboxylic acids is 1. The molecule has 33 heavy (non-hydrogen) atoms. The zero-order chi connectivity index (χ0) is 24.0. The van der Waals surface area contributed by atoms with Gasteiger partial charge >= 0.3 is 12.1 Å². The van der Waals surface area contributed by atoms with Crippen molar-refractivity contribution in [3.05, 3.63) is 59.7 Å². The van der Waals surface area contributed by atoms with Crippen LogP contribution in [0.1, 0.15) is 29.9 Å². The summed E-state index contributed by atoms with van der Waals surface area (Å²) in [7, 11) is 0. The van der Waals surface area contributed by atoms with Crippen molar-refractivity contribution in [2.24, 2.45) is 0 Å². The van der Waals surface area contributed by atoms with Crippen LogP contribution in [0.3, 0.4) is 0 Å². The standard InChI is InChI=1S/C23H24F2N2O6/c24-21(25)19(28)11-26-22(31)18(9-10-20(29)30)27-23(32)33-12-17-15-7-3-1-5-13(15)14-6-2-4-8-16(14)17/h1-8,17-19,21,28H,9-12H2,(H,26,31)(H,27,32)(H,29,30). The van der Waals surface area contributed by atoms with Crippen molar-refractivity contribution < 1.29 is 38.1 Å². The number of alkyl carbamates (subject to hydrolysis) is 1. The fraction of sp³-hybridized carbons (Fsp3) is 0.348.